The normalized spacial score (nSPS) is 35.1. The van der Waals surface area contributed by atoms with Crippen molar-refractivity contribution in [2.45, 2.75) is 69.9 Å². The van der Waals surface area contributed by atoms with Gasteiger partial charge in [-0.2, -0.15) is 0 Å². The number of carbonyl (C=O) groups is 2. The van der Waals surface area contributed by atoms with E-state index in [0.717, 1.165) is 30.0 Å². The third-order valence-corrected chi connectivity index (χ3v) is 9.50. The molecule has 5 fully saturated rings. The summed E-state index contributed by atoms with van der Waals surface area (Å²) < 4.78 is 37.9. The van der Waals surface area contributed by atoms with Crippen molar-refractivity contribution < 1.29 is 22.7 Å². The van der Waals surface area contributed by atoms with E-state index in [-0.39, 0.29) is 35.4 Å². The van der Waals surface area contributed by atoms with E-state index in [1.165, 1.54) is 6.07 Å². The van der Waals surface area contributed by atoms with E-state index in [1.54, 1.807) is 19.1 Å². The van der Waals surface area contributed by atoms with Crippen LogP contribution < -0.4 is 15.4 Å². The number of amides is 2. The molecule has 0 aliphatic heterocycles. The lowest BCUT2D eigenvalue weighted by Crippen LogP contribution is -2.68. The summed E-state index contributed by atoms with van der Waals surface area (Å²) in [6.07, 6.45) is 5.81. The van der Waals surface area contributed by atoms with Gasteiger partial charge in [-0.1, -0.05) is 6.07 Å². The van der Waals surface area contributed by atoms with Crippen molar-refractivity contribution in [1.29, 1.82) is 0 Å². The second-order valence-corrected chi connectivity index (χ2v) is 11.3. The predicted molar refractivity (Wildman–Crippen MR) is 118 cm³/mol. The maximum Gasteiger partial charge on any atom is 0.262 e. The minimum atomic E-state index is -2.49. The summed E-state index contributed by atoms with van der Waals surface area (Å²) in [6, 6.07) is 4.29. The maximum absolute atomic E-state index is 14.2. The molecule has 3 unspecified atom stereocenters. The number of anilines is 1. The zero-order valence-corrected chi connectivity index (χ0v) is 19.0. The van der Waals surface area contributed by atoms with E-state index < -0.39 is 28.0 Å². The Bertz CT molecular complexity index is 981. The molecule has 1 aromatic carbocycles. The fraction of sp³-hybridized carbons (Fsp3) is 0.652. The Balaban J connectivity index is 1.41. The third kappa shape index (κ3) is 3.19. The van der Waals surface area contributed by atoms with E-state index >= 15 is 0 Å². The average molecular weight is 464 g/mol. The molecule has 5 aliphatic carbocycles. The van der Waals surface area contributed by atoms with Crippen LogP contribution in [0.1, 0.15) is 56.9 Å². The SMILES string of the molecule is Cc1ccc(N(S(=O)O)C2(C(=O)NC3C4CC5CC3CC(C(N)=O)(C5)C4)CCC2)cc1F. The van der Waals surface area contributed by atoms with Crippen LogP contribution in [-0.2, 0) is 20.9 Å². The number of hydrogen-bond acceptors (Lipinski definition) is 3. The van der Waals surface area contributed by atoms with Gasteiger partial charge >= 0.3 is 0 Å². The van der Waals surface area contributed by atoms with Gasteiger partial charge in [-0.25, -0.2) is 8.60 Å². The number of aryl methyl sites for hydroxylation is 1. The summed E-state index contributed by atoms with van der Waals surface area (Å²) in [5.74, 6) is -0.119. The maximum atomic E-state index is 14.2. The second kappa shape index (κ2) is 7.52. The summed E-state index contributed by atoms with van der Waals surface area (Å²) in [5.41, 5.74) is 4.81. The van der Waals surface area contributed by atoms with Crippen molar-refractivity contribution in [1.82, 2.24) is 5.32 Å². The number of halogens is 1. The van der Waals surface area contributed by atoms with Crippen LogP contribution in [0.15, 0.2) is 18.2 Å². The number of rotatable bonds is 6. The Kier molecular flexibility index (Phi) is 5.13. The van der Waals surface area contributed by atoms with Gasteiger partial charge in [0.05, 0.1) is 5.69 Å². The molecule has 174 valence electrons. The molecule has 3 atom stereocenters. The lowest BCUT2D eigenvalue weighted by Gasteiger charge is -2.59. The molecule has 32 heavy (non-hydrogen) atoms. The first-order chi connectivity index (χ1) is 15.1. The molecule has 5 saturated carbocycles. The average Bonchev–Trinajstić information content (AvgIpc) is 2.68. The molecular weight excluding hydrogens is 433 g/mol. The Morgan fingerprint density at radius 3 is 2.38 bits per heavy atom. The Labute approximate surface area is 189 Å². The zero-order valence-electron chi connectivity index (χ0n) is 18.2. The van der Waals surface area contributed by atoms with Crippen molar-refractivity contribution in [2.75, 3.05) is 4.31 Å². The monoisotopic (exact) mass is 463 g/mol. The minimum absolute atomic E-state index is 0.0623. The van der Waals surface area contributed by atoms with Gasteiger partial charge in [-0.15, -0.1) is 0 Å². The predicted octanol–water partition coefficient (Wildman–Crippen LogP) is 2.80. The standard InChI is InChI=1S/C23H30FN3O4S/c1-13-3-4-17(9-18(13)24)27(32(30)31)23(5-2-6-23)21(29)26-19-15-7-14-8-16(19)12-22(10-14,11-15)20(25)28/h3-4,9,14-16,19H,2,5-8,10-12H2,1H3,(H2,25,28)(H,26,29)(H,30,31). The zero-order chi connectivity index (χ0) is 22.8. The molecule has 9 heteroatoms. The van der Waals surface area contributed by atoms with Gasteiger partial charge in [-0.05, 0) is 93.7 Å². The Morgan fingerprint density at radius 1 is 1.22 bits per heavy atom. The van der Waals surface area contributed by atoms with Crippen LogP contribution in [-0.4, -0.2) is 32.2 Å². The van der Waals surface area contributed by atoms with E-state index in [4.69, 9.17) is 5.73 Å². The Morgan fingerprint density at radius 2 is 1.88 bits per heavy atom. The number of hydrogen-bond donors (Lipinski definition) is 3. The largest absolute Gasteiger partial charge is 0.369 e. The van der Waals surface area contributed by atoms with Crippen molar-refractivity contribution in [3.63, 3.8) is 0 Å². The second-order valence-electron chi connectivity index (χ2n) is 10.5. The van der Waals surface area contributed by atoms with Crippen LogP contribution in [0.5, 0.6) is 0 Å². The van der Waals surface area contributed by atoms with Gasteiger partial charge in [0.15, 0.2) is 0 Å². The molecule has 1 aromatic rings. The van der Waals surface area contributed by atoms with Crippen LogP contribution >= 0.6 is 0 Å². The molecule has 0 aromatic heterocycles. The highest BCUT2D eigenvalue weighted by Crippen LogP contribution is 2.60. The van der Waals surface area contributed by atoms with E-state index in [2.05, 4.69) is 5.32 Å². The molecule has 7 nitrogen and oxygen atoms in total. The molecule has 6 rings (SSSR count). The van der Waals surface area contributed by atoms with Crippen LogP contribution in [0, 0.1) is 35.9 Å². The highest BCUT2D eigenvalue weighted by atomic mass is 32.2. The molecule has 0 spiro atoms. The number of nitrogens with zero attached hydrogens (tertiary/aromatic N) is 1. The topological polar surface area (TPSA) is 113 Å². The number of carbonyl (C=O) groups excluding carboxylic acids is 2. The number of nitrogens with one attached hydrogen (secondary N) is 1. The lowest BCUT2D eigenvalue weighted by atomic mass is 9.47. The van der Waals surface area contributed by atoms with Gasteiger partial charge in [0, 0.05) is 11.5 Å². The van der Waals surface area contributed by atoms with Gasteiger partial charge < -0.3 is 11.1 Å². The van der Waals surface area contributed by atoms with Crippen molar-refractivity contribution >= 4 is 28.8 Å². The number of benzene rings is 1. The van der Waals surface area contributed by atoms with Gasteiger partial charge in [0.25, 0.3) is 11.3 Å². The van der Waals surface area contributed by atoms with Crippen LogP contribution in [0.25, 0.3) is 0 Å². The van der Waals surface area contributed by atoms with Crippen molar-refractivity contribution in [2.24, 2.45) is 28.9 Å². The smallest absolute Gasteiger partial charge is 0.262 e. The van der Waals surface area contributed by atoms with Crippen LogP contribution in [0.3, 0.4) is 0 Å². The minimum Gasteiger partial charge on any atom is -0.369 e. The third-order valence-electron chi connectivity index (χ3n) is 8.63. The highest BCUT2D eigenvalue weighted by Gasteiger charge is 2.60. The van der Waals surface area contributed by atoms with E-state index in [1.807, 2.05) is 0 Å². The summed E-state index contributed by atoms with van der Waals surface area (Å²) in [7, 11) is 0. The molecule has 4 N–H and O–H groups in total. The molecule has 2 amide bonds. The fourth-order valence-electron chi connectivity index (χ4n) is 7.08. The molecule has 0 heterocycles. The summed E-state index contributed by atoms with van der Waals surface area (Å²) in [4.78, 5) is 25.8. The summed E-state index contributed by atoms with van der Waals surface area (Å²) in [6.45, 7) is 1.62. The number of nitrogens with two attached hydrogens (primary N) is 1. The number of primary amides is 1. The van der Waals surface area contributed by atoms with E-state index in [9.17, 15) is 22.7 Å². The van der Waals surface area contributed by atoms with Gasteiger partial charge in [-0.3, -0.25) is 18.4 Å². The molecule has 0 radical (unpaired) electrons. The first kappa shape index (κ1) is 21.8. The molecule has 4 bridgehead atoms. The van der Waals surface area contributed by atoms with Crippen molar-refractivity contribution in [3.8, 4) is 0 Å². The summed E-state index contributed by atoms with van der Waals surface area (Å²) in [5, 5.41) is 3.22. The van der Waals surface area contributed by atoms with Gasteiger partial charge in [0.1, 0.15) is 11.4 Å². The lowest BCUT2D eigenvalue weighted by molar-refractivity contribution is -0.148. The fourth-order valence-corrected chi connectivity index (χ4v) is 7.93. The van der Waals surface area contributed by atoms with Crippen LogP contribution in [0.2, 0.25) is 0 Å². The van der Waals surface area contributed by atoms with Crippen molar-refractivity contribution in [3.05, 3.63) is 29.6 Å². The van der Waals surface area contributed by atoms with Crippen LogP contribution in [0.4, 0.5) is 10.1 Å². The highest BCUT2D eigenvalue weighted by molar-refractivity contribution is 7.80. The summed E-state index contributed by atoms with van der Waals surface area (Å²) >= 11 is -2.49. The van der Waals surface area contributed by atoms with E-state index in [0.29, 0.717) is 37.2 Å². The first-order valence-corrected chi connectivity index (χ1v) is 12.5. The van der Waals surface area contributed by atoms with Gasteiger partial charge in [0.2, 0.25) is 11.8 Å². The first-order valence-electron chi connectivity index (χ1n) is 11.4. The molecular formula is C23H30FN3O4S. The quantitative estimate of drug-likeness (QED) is 0.563. The molecule has 5 aliphatic rings. The molecule has 0 saturated heterocycles. The Hall–Kier alpha value is -2.00.